The Hall–Kier alpha value is -1.87. The number of carbonyl (C=O) groups excluding carboxylic acids is 1. The van der Waals surface area contributed by atoms with Gasteiger partial charge in [-0.3, -0.25) is 4.79 Å². The van der Waals surface area contributed by atoms with Crippen molar-refractivity contribution >= 4 is 17.5 Å². The molecule has 0 atom stereocenters. The highest BCUT2D eigenvalue weighted by molar-refractivity contribution is 6.17. The van der Waals surface area contributed by atoms with E-state index in [1.165, 1.54) is 18.2 Å². The fourth-order valence-electron chi connectivity index (χ4n) is 1.91. The molecule has 2 rings (SSSR count). The maximum atomic E-state index is 13.0. The lowest BCUT2D eigenvalue weighted by atomic mass is 10.1. The Morgan fingerprint density at radius 2 is 1.80 bits per heavy atom. The molecule has 0 aromatic heterocycles. The number of hydrogen-bond acceptors (Lipinski definition) is 1. The number of halogens is 2. The molecule has 0 aliphatic heterocycles. The number of benzene rings is 2. The van der Waals surface area contributed by atoms with Crippen molar-refractivity contribution in [1.82, 2.24) is 5.32 Å². The highest BCUT2D eigenvalue weighted by atomic mass is 35.5. The Morgan fingerprint density at radius 3 is 2.40 bits per heavy atom. The number of alkyl halides is 1. The molecule has 0 radical (unpaired) electrons. The molecule has 0 aliphatic carbocycles. The largest absolute Gasteiger partial charge is 0.348 e. The van der Waals surface area contributed by atoms with Crippen LogP contribution in [0.25, 0.3) is 0 Å². The third-order valence-electron chi connectivity index (χ3n) is 3.06. The molecule has 104 valence electrons. The SMILES string of the molecule is Cc1cc(F)ccc1C(=O)NCc1ccc(CCl)cc1. The minimum Gasteiger partial charge on any atom is -0.348 e. The summed E-state index contributed by atoms with van der Waals surface area (Å²) in [5, 5.41) is 2.82. The van der Waals surface area contributed by atoms with E-state index in [0.717, 1.165) is 11.1 Å². The van der Waals surface area contributed by atoms with E-state index in [1.807, 2.05) is 24.3 Å². The Kier molecular flexibility index (Phi) is 4.74. The number of aryl methyl sites for hydroxylation is 1. The van der Waals surface area contributed by atoms with E-state index < -0.39 is 0 Å². The maximum absolute atomic E-state index is 13.0. The molecule has 4 heteroatoms. The molecule has 0 saturated heterocycles. The van der Waals surface area contributed by atoms with Gasteiger partial charge in [-0.2, -0.15) is 0 Å². The lowest BCUT2D eigenvalue weighted by Crippen LogP contribution is -2.23. The van der Waals surface area contributed by atoms with Gasteiger partial charge in [0.2, 0.25) is 0 Å². The standard InChI is InChI=1S/C16H15ClFNO/c1-11-8-14(18)6-7-15(11)16(20)19-10-13-4-2-12(9-17)3-5-13/h2-8H,9-10H2,1H3,(H,19,20). The van der Waals surface area contributed by atoms with Crippen LogP contribution in [-0.4, -0.2) is 5.91 Å². The summed E-state index contributed by atoms with van der Waals surface area (Å²) in [6.07, 6.45) is 0. The van der Waals surface area contributed by atoms with Gasteiger partial charge in [0, 0.05) is 18.0 Å². The predicted molar refractivity (Wildman–Crippen MR) is 78.3 cm³/mol. The van der Waals surface area contributed by atoms with E-state index in [1.54, 1.807) is 6.92 Å². The molecule has 20 heavy (non-hydrogen) atoms. The third kappa shape index (κ3) is 3.58. The molecule has 1 amide bonds. The van der Waals surface area contributed by atoms with E-state index in [-0.39, 0.29) is 11.7 Å². The molecule has 2 aromatic rings. The monoisotopic (exact) mass is 291 g/mol. The highest BCUT2D eigenvalue weighted by Crippen LogP contribution is 2.11. The van der Waals surface area contributed by atoms with Crippen LogP contribution in [0.3, 0.4) is 0 Å². The topological polar surface area (TPSA) is 29.1 Å². The van der Waals surface area contributed by atoms with Crippen LogP contribution in [0.4, 0.5) is 4.39 Å². The van der Waals surface area contributed by atoms with E-state index in [9.17, 15) is 9.18 Å². The van der Waals surface area contributed by atoms with Crippen molar-refractivity contribution in [2.24, 2.45) is 0 Å². The van der Waals surface area contributed by atoms with Crippen molar-refractivity contribution in [2.45, 2.75) is 19.3 Å². The number of carbonyl (C=O) groups is 1. The van der Waals surface area contributed by atoms with Gasteiger partial charge in [-0.25, -0.2) is 4.39 Å². The summed E-state index contributed by atoms with van der Waals surface area (Å²) >= 11 is 5.72. The quantitative estimate of drug-likeness (QED) is 0.853. The number of hydrogen-bond donors (Lipinski definition) is 1. The van der Waals surface area contributed by atoms with Crippen molar-refractivity contribution in [3.63, 3.8) is 0 Å². The van der Waals surface area contributed by atoms with Crippen LogP contribution >= 0.6 is 11.6 Å². The summed E-state index contributed by atoms with van der Waals surface area (Å²) in [6, 6.07) is 11.8. The van der Waals surface area contributed by atoms with Crippen molar-refractivity contribution < 1.29 is 9.18 Å². The molecule has 2 aromatic carbocycles. The van der Waals surface area contributed by atoms with Crippen molar-refractivity contribution in [1.29, 1.82) is 0 Å². The molecule has 0 unspecified atom stereocenters. The van der Waals surface area contributed by atoms with Crippen molar-refractivity contribution in [2.75, 3.05) is 0 Å². The van der Waals surface area contributed by atoms with Crippen LogP contribution < -0.4 is 5.32 Å². The first-order chi connectivity index (χ1) is 9.60. The Labute approximate surface area is 122 Å². The fourth-order valence-corrected chi connectivity index (χ4v) is 2.08. The summed E-state index contributed by atoms with van der Waals surface area (Å²) in [5.41, 5.74) is 3.15. The summed E-state index contributed by atoms with van der Waals surface area (Å²) < 4.78 is 13.0. The fraction of sp³-hybridized carbons (Fsp3) is 0.188. The molecule has 1 N–H and O–H groups in total. The van der Waals surface area contributed by atoms with Gasteiger partial charge >= 0.3 is 0 Å². The summed E-state index contributed by atoms with van der Waals surface area (Å²) in [6.45, 7) is 2.14. The summed E-state index contributed by atoms with van der Waals surface area (Å²) in [7, 11) is 0. The van der Waals surface area contributed by atoms with Gasteiger partial charge in [0.25, 0.3) is 5.91 Å². The van der Waals surface area contributed by atoms with Crippen LogP contribution in [-0.2, 0) is 12.4 Å². The van der Waals surface area contributed by atoms with Crippen molar-refractivity contribution in [3.05, 3.63) is 70.5 Å². The minimum absolute atomic E-state index is 0.205. The summed E-state index contributed by atoms with van der Waals surface area (Å²) in [4.78, 5) is 12.0. The Bertz CT molecular complexity index is 610. The molecular formula is C16H15ClFNO. The number of nitrogens with one attached hydrogen (secondary N) is 1. The maximum Gasteiger partial charge on any atom is 0.251 e. The normalized spacial score (nSPS) is 10.3. The van der Waals surface area contributed by atoms with Crippen LogP contribution in [0.2, 0.25) is 0 Å². The smallest absolute Gasteiger partial charge is 0.251 e. The van der Waals surface area contributed by atoms with Gasteiger partial charge in [0.15, 0.2) is 0 Å². The molecule has 0 aliphatic rings. The molecule has 0 heterocycles. The Morgan fingerprint density at radius 1 is 1.15 bits per heavy atom. The molecule has 0 bridgehead atoms. The van der Waals surface area contributed by atoms with Gasteiger partial charge in [0.05, 0.1) is 0 Å². The average molecular weight is 292 g/mol. The van der Waals surface area contributed by atoms with Gasteiger partial charge in [0.1, 0.15) is 5.82 Å². The highest BCUT2D eigenvalue weighted by Gasteiger charge is 2.09. The van der Waals surface area contributed by atoms with E-state index >= 15 is 0 Å². The van der Waals surface area contributed by atoms with Gasteiger partial charge in [-0.1, -0.05) is 24.3 Å². The lowest BCUT2D eigenvalue weighted by Gasteiger charge is -2.08. The van der Waals surface area contributed by atoms with Crippen LogP contribution in [0, 0.1) is 12.7 Å². The zero-order valence-corrected chi connectivity index (χ0v) is 11.9. The third-order valence-corrected chi connectivity index (χ3v) is 3.37. The number of amides is 1. The molecule has 2 nitrogen and oxygen atoms in total. The van der Waals surface area contributed by atoms with Crippen molar-refractivity contribution in [3.8, 4) is 0 Å². The van der Waals surface area contributed by atoms with Crippen LogP contribution in [0.5, 0.6) is 0 Å². The van der Waals surface area contributed by atoms with Gasteiger partial charge < -0.3 is 5.32 Å². The summed E-state index contributed by atoms with van der Waals surface area (Å²) in [5.74, 6) is -0.0684. The second-order valence-electron chi connectivity index (χ2n) is 4.59. The van der Waals surface area contributed by atoms with E-state index in [0.29, 0.717) is 23.6 Å². The zero-order valence-electron chi connectivity index (χ0n) is 11.1. The number of rotatable bonds is 4. The zero-order chi connectivity index (χ0) is 14.5. The van der Waals surface area contributed by atoms with E-state index in [2.05, 4.69) is 5.32 Å². The van der Waals surface area contributed by atoms with Gasteiger partial charge in [-0.15, -0.1) is 11.6 Å². The Balaban J connectivity index is 2.00. The van der Waals surface area contributed by atoms with E-state index in [4.69, 9.17) is 11.6 Å². The lowest BCUT2D eigenvalue weighted by molar-refractivity contribution is 0.0950. The van der Waals surface area contributed by atoms with Crippen LogP contribution in [0.1, 0.15) is 27.0 Å². The second kappa shape index (κ2) is 6.53. The van der Waals surface area contributed by atoms with Gasteiger partial charge in [-0.05, 0) is 41.8 Å². The molecule has 0 saturated carbocycles. The molecule has 0 fully saturated rings. The van der Waals surface area contributed by atoms with Crippen LogP contribution in [0.15, 0.2) is 42.5 Å². The second-order valence-corrected chi connectivity index (χ2v) is 4.86. The first-order valence-corrected chi connectivity index (χ1v) is 6.81. The minimum atomic E-state index is -0.337. The first-order valence-electron chi connectivity index (χ1n) is 6.28. The first kappa shape index (κ1) is 14.5. The molecule has 0 spiro atoms. The predicted octanol–water partition coefficient (Wildman–Crippen LogP) is 3.80. The average Bonchev–Trinajstić information content (AvgIpc) is 2.45. The molecular weight excluding hydrogens is 277 g/mol.